The van der Waals surface area contributed by atoms with Crippen LogP contribution in [0.5, 0.6) is 0 Å². The molecule has 0 heterocycles. The van der Waals surface area contributed by atoms with Gasteiger partial charge in [-0.1, -0.05) is 180 Å². The minimum absolute atomic E-state index is 0.0607. The Labute approximate surface area is 376 Å². The monoisotopic (exact) mass is 870 g/mol. The van der Waals surface area contributed by atoms with E-state index in [4.69, 9.17) is 0 Å². The fourth-order valence-electron chi connectivity index (χ4n) is 7.25. The maximum Gasteiger partial charge on any atom is 0.244 e. The van der Waals surface area contributed by atoms with Crippen LogP contribution in [0.4, 0.5) is 0 Å². The van der Waals surface area contributed by atoms with Crippen LogP contribution in [0.15, 0.2) is 180 Å². The summed E-state index contributed by atoms with van der Waals surface area (Å²) in [5, 5.41) is 5.76. The number of rotatable bonds is 8. The average molecular weight is 871 g/mol. The first-order valence-electron chi connectivity index (χ1n) is 20.6. The standard InChI is InChI=1S/C56H42N2O4S2/c1-43-29-35-51(36-30-43)63(59,60)57(39-11-21-47-19-9-17-45-15-3-5-25-53(45)47)41-13-23-49-33-34-50(56-28-8-7-27-55(49)56)24-14-42-58(64(61,62)52-37-31-44(2)32-38-52)40-12-22-48-20-10-18-46-16-4-6-26-54(46)48/h3-10,15-20,25-38H,39-42H2,1-2H3. The molecule has 0 aliphatic carbocycles. The van der Waals surface area contributed by atoms with Crippen molar-refractivity contribution in [3.05, 3.63) is 203 Å². The van der Waals surface area contributed by atoms with Gasteiger partial charge >= 0.3 is 0 Å². The summed E-state index contributed by atoms with van der Waals surface area (Å²) in [7, 11) is -7.88. The van der Waals surface area contributed by atoms with Gasteiger partial charge < -0.3 is 0 Å². The Kier molecular flexibility index (Phi) is 13.1. The van der Waals surface area contributed by atoms with Gasteiger partial charge in [0, 0.05) is 22.3 Å². The Bertz CT molecular complexity index is 3290. The number of aryl methyl sites for hydroxylation is 2. The molecule has 0 N–H and O–H groups in total. The first-order chi connectivity index (χ1) is 31.1. The van der Waals surface area contributed by atoms with E-state index in [0.29, 0.717) is 11.1 Å². The summed E-state index contributed by atoms with van der Waals surface area (Å²) in [4.78, 5) is 0.338. The van der Waals surface area contributed by atoms with E-state index in [2.05, 4.69) is 47.4 Å². The molecule has 8 heteroatoms. The minimum Gasteiger partial charge on any atom is -0.207 e. The molecule has 0 saturated heterocycles. The number of hydrogen-bond donors (Lipinski definition) is 0. The van der Waals surface area contributed by atoms with Gasteiger partial charge in [0.1, 0.15) is 0 Å². The lowest BCUT2D eigenvalue weighted by molar-refractivity contribution is 0.481. The highest BCUT2D eigenvalue weighted by Crippen LogP contribution is 2.24. The van der Waals surface area contributed by atoms with Crippen molar-refractivity contribution >= 4 is 52.4 Å². The largest absolute Gasteiger partial charge is 0.244 e. The molecule has 0 aliphatic heterocycles. The summed E-state index contributed by atoms with van der Waals surface area (Å²) in [6.07, 6.45) is 0. The molecule has 0 bridgehead atoms. The average Bonchev–Trinajstić information content (AvgIpc) is 3.31. The van der Waals surface area contributed by atoms with Crippen molar-refractivity contribution in [1.29, 1.82) is 0 Å². The van der Waals surface area contributed by atoms with Crippen LogP contribution in [0.25, 0.3) is 32.3 Å². The minimum atomic E-state index is -3.94. The van der Waals surface area contributed by atoms with E-state index in [1.807, 2.05) is 135 Å². The van der Waals surface area contributed by atoms with Gasteiger partial charge in [0.25, 0.3) is 0 Å². The van der Waals surface area contributed by atoms with E-state index in [1.54, 1.807) is 48.5 Å². The lowest BCUT2D eigenvalue weighted by Crippen LogP contribution is -2.32. The van der Waals surface area contributed by atoms with E-state index >= 15 is 0 Å². The summed E-state index contributed by atoms with van der Waals surface area (Å²) in [5.41, 5.74) is 4.93. The van der Waals surface area contributed by atoms with Gasteiger partial charge in [0.15, 0.2) is 0 Å². The molecule has 0 saturated carbocycles. The second-order valence-corrected chi connectivity index (χ2v) is 19.0. The maximum atomic E-state index is 14.0. The maximum absolute atomic E-state index is 14.0. The van der Waals surface area contributed by atoms with Crippen LogP contribution in [0.3, 0.4) is 0 Å². The van der Waals surface area contributed by atoms with Crippen molar-refractivity contribution in [2.24, 2.45) is 0 Å². The van der Waals surface area contributed by atoms with Crippen molar-refractivity contribution in [2.45, 2.75) is 23.6 Å². The van der Waals surface area contributed by atoms with Gasteiger partial charge in [0.05, 0.1) is 36.0 Å². The Morgan fingerprint density at radius 3 is 1.00 bits per heavy atom. The van der Waals surface area contributed by atoms with Crippen LogP contribution in [-0.4, -0.2) is 51.6 Å². The Balaban J connectivity index is 1.07. The smallest absolute Gasteiger partial charge is 0.207 e. The lowest BCUT2D eigenvalue weighted by atomic mass is 10.00. The van der Waals surface area contributed by atoms with Crippen LogP contribution in [0, 0.1) is 61.2 Å². The van der Waals surface area contributed by atoms with E-state index in [9.17, 15) is 16.8 Å². The normalized spacial score (nSPS) is 11.2. The third kappa shape index (κ3) is 9.79. The molecule has 8 rings (SSSR count). The SMILES string of the molecule is Cc1ccc(S(=O)(=O)N(CC#Cc2cccc3ccccc23)CC#Cc2ccc(C#CCN(CC#Cc3cccc4ccccc34)S(=O)(=O)c3ccc(C)cc3)c3ccccc23)cc1. The molecule has 0 radical (unpaired) electrons. The van der Waals surface area contributed by atoms with E-state index < -0.39 is 20.0 Å². The second-order valence-electron chi connectivity index (χ2n) is 15.1. The summed E-state index contributed by atoms with van der Waals surface area (Å²) < 4.78 is 58.6. The van der Waals surface area contributed by atoms with Crippen LogP contribution < -0.4 is 0 Å². The Morgan fingerprint density at radius 1 is 0.344 bits per heavy atom. The predicted octanol–water partition coefficient (Wildman–Crippen LogP) is 9.95. The summed E-state index contributed by atoms with van der Waals surface area (Å²) >= 11 is 0. The third-order valence-electron chi connectivity index (χ3n) is 10.7. The number of sulfonamides is 2. The predicted molar refractivity (Wildman–Crippen MR) is 259 cm³/mol. The molecule has 0 fully saturated rings. The molecule has 0 aromatic heterocycles. The fraction of sp³-hybridized carbons (Fsp3) is 0.107. The van der Waals surface area contributed by atoms with Crippen molar-refractivity contribution in [1.82, 2.24) is 8.61 Å². The molecular weight excluding hydrogens is 829 g/mol. The summed E-state index contributed by atoms with van der Waals surface area (Å²) in [6.45, 7) is 3.51. The van der Waals surface area contributed by atoms with Crippen molar-refractivity contribution in [3.63, 3.8) is 0 Å². The number of hydrogen-bond acceptors (Lipinski definition) is 4. The molecular formula is C56H42N2O4S2. The van der Waals surface area contributed by atoms with Crippen molar-refractivity contribution in [2.75, 3.05) is 26.2 Å². The quantitative estimate of drug-likeness (QED) is 0.143. The number of fused-ring (bicyclic) bond motifs is 3. The Hall–Kier alpha value is -7.40. The van der Waals surface area contributed by atoms with Crippen LogP contribution in [-0.2, 0) is 20.0 Å². The van der Waals surface area contributed by atoms with Gasteiger partial charge in [-0.25, -0.2) is 16.8 Å². The molecule has 64 heavy (non-hydrogen) atoms. The fourth-order valence-corrected chi connectivity index (χ4v) is 9.74. The lowest BCUT2D eigenvalue weighted by Gasteiger charge is -2.17. The molecule has 6 nitrogen and oxygen atoms in total. The molecule has 0 aliphatic rings. The van der Waals surface area contributed by atoms with Gasteiger partial charge in [0.2, 0.25) is 20.0 Å². The zero-order valence-electron chi connectivity index (χ0n) is 35.3. The molecule has 0 atom stereocenters. The highest BCUT2D eigenvalue weighted by Gasteiger charge is 2.24. The number of nitrogens with zero attached hydrogens (tertiary/aromatic N) is 2. The first-order valence-corrected chi connectivity index (χ1v) is 23.5. The first kappa shape index (κ1) is 43.3. The topological polar surface area (TPSA) is 74.8 Å². The molecule has 312 valence electrons. The highest BCUT2D eigenvalue weighted by molar-refractivity contribution is 7.89. The van der Waals surface area contributed by atoms with Crippen LogP contribution in [0.1, 0.15) is 33.4 Å². The molecule has 0 spiro atoms. The molecule has 8 aromatic rings. The Morgan fingerprint density at radius 2 is 0.641 bits per heavy atom. The highest BCUT2D eigenvalue weighted by atomic mass is 32.2. The van der Waals surface area contributed by atoms with E-state index in [0.717, 1.165) is 54.6 Å². The zero-order chi connectivity index (χ0) is 44.5. The zero-order valence-corrected chi connectivity index (χ0v) is 37.0. The number of benzene rings is 8. The van der Waals surface area contributed by atoms with Gasteiger partial charge in [-0.05, 0) is 94.7 Å². The second kappa shape index (κ2) is 19.3. The van der Waals surface area contributed by atoms with Crippen molar-refractivity contribution < 1.29 is 16.8 Å². The molecule has 8 aromatic carbocycles. The van der Waals surface area contributed by atoms with Crippen LogP contribution >= 0.6 is 0 Å². The van der Waals surface area contributed by atoms with Crippen molar-refractivity contribution in [3.8, 4) is 47.4 Å². The van der Waals surface area contributed by atoms with Gasteiger partial charge in [-0.3, -0.25) is 0 Å². The van der Waals surface area contributed by atoms with E-state index in [1.165, 1.54) is 8.61 Å². The van der Waals surface area contributed by atoms with Gasteiger partial charge in [-0.15, -0.1) is 0 Å². The van der Waals surface area contributed by atoms with Crippen LogP contribution in [0.2, 0.25) is 0 Å². The summed E-state index contributed by atoms with van der Waals surface area (Å²) in [5.74, 6) is 25.3. The molecule has 0 unspecified atom stereocenters. The summed E-state index contributed by atoms with van der Waals surface area (Å²) in [6, 6.07) is 52.6. The van der Waals surface area contributed by atoms with Gasteiger partial charge in [-0.2, -0.15) is 8.61 Å². The van der Waals surface area contributed by atoms with E-state index in [-0.39, 0.29) is 36.0 Å². The third-order valence-corrected chi connectivity index (χ3v) is 14.3. The molecule has 0 amide bonds.